The number of hydrogen-bond acceptors (Lipinski definition) is 4. The number of pyridine rings is 1. The second-order valence-corrected chi connectivity index (χ2v) is 7.82. The maximum Gasteiger partial charge on any atom is 0.252 e. The van der Waals surface area contributed by atoms with E-state index < -0.39 is 0 Å². The van der Waals surface area contributed by atoms with Crippen LogP contribution in [0.5, 0.6) is 0 Å². The third-order valence-corrected chi connectivity index (χ3v) is 5.44. The van der Waals surface area contributed by atoms with Crippen molar-refractivity contribution in [3.8, 4) is 11.3 Å². The predicted octanol–water partition coefficient (Wildman–Crippen LogP) is 4.06. The van der Waals surface area contributed by atoms with Gasteiger partial charge in [-0.3, -0.25) is 14.2 Å². The summed E-state index contributed by atoms with van der Waals surface area (Å²) in [5, 5.41) is 12.9. The van der Waals surface area contributed by atoms with Crippen LogP contribution in [0.1, 0.15) is 40.8 Å². The summed E-state index contributed by atoms with van der Waals surface area (Å²) in [6.07, 6.45) is 2.80. The lowest BCUT2D eigenvalue weighted by molar-refractivity contribution is 0.0954. The zero-order valence-corrected chi connectivity index (χ0v) is 18.5. The minimum atomic E-state index is -0.0891. The van der Waals surface area contributed by atoms with Gasteiger partial charge < -0.3 is 5.32 Å². The molecule has 0 radical (unpaired) electrons. The number of carbonyl (C=O) groups excluding carboxylic acids is 1. The lowest BCUT2D eigenvalue weighted by atomic mass is 10.0. The van der Waals surface area contributed by atoms with Gasteiger partial charge in [-0.1, -0.05) is 18.2 Å². The number of para-hydroxylation sites is 1. The summed E-state index contributed by atoms with van der Waals surface area (Å²) >= 11 is 0. The lowest BCUT2D eigenvalue weighted by Gasteiger charge is -2.11. The Hall–Kier alpha value is -3.48. The predicted molar refractivity (Wildman–Crippen MR) is 122 cm³/mol. The van der Waals surface area contributed by atoms with Gasteiger partial charge >= 0.3 is 0 Å². The fourth-order valence-corrected chi connectivity index (χ4v) is 3.86. The van der Waals surface area contributed by atoms with Crippen LogP contribution in [0.25, 0.3) is 22.2 Å². The van der Waals surface area contributed by atoms with Crippen LogP contribution in [0.15, 0.2) is 42.6 Å². The first-order valence-electron chi connectivity index (χ1n) is 10.7. The van der Waals surface area contributed by atoms with Crippen molar-refractivity contribution in [3.05, 3.63) is 65.2 Å². The Morgan fingerprint density at radius 2 is 1.90 bits per heavy atom. The monoisotopic (exact) mass is 416 g/mol. The van der Waals surface area contributed by atoms with Crippen molar-refractivity contribution in [1.82, 2.24) is 29.9 Å². The van der Waals surface area contributed by atoms with Gasteiger partial charge in [0.15, 0.2) is 0 Å². The van der Waals surface area contributed by atoms with Crippen LogP contribution in [0.4, 0.5) is 0 Å². The Bertz CT molecular complexity index is 1240. The van der Waals surface area contributed by atoms with Crippen molar-refractivity contribution in [2.45, 2.75) is 47.2 Å². The Kier molecular flexibility index (Phi) is 5.84. The van der Waals surface area contributed by atoms with E-state index in [1.165, 1.54) is 0 Å². The largest absolute Gasteiger partial charge is 0.352 e. The number of aryl methyl sites for hydroxylation is 5. The number of carbonyl (C=O) groups is 1. The molecule has 7 nitrogen and oxygen atoms in total. The van der Waals surface area contributed by atoms with Gasteiger partial charge in [0.2, 0.25) is 0 Å². The highest BCUT2D eigenvalue weighted by Crippen LogP contribution is 2.26. The molecule has 0 saturated heterocycles. The normalized spacial score (nSPS) is 11.2. The number of nitrogens with one attached hydrogen (secondary N) is 1. The molecule has 0 aliphatic heterocycles. The number of benzene rings is 1. The fourth-order valence-electron chi connectivity index (χ4n) is 3.86. The molecule has 0 spiro atoms. The number of hydrogen-bond donors (Lipinski definition) is 1. The topological polar surface area (TPSA) is 77.6 Å². The number of rotatable bonds is 7. The van der Waals surface area contributed by atoms with E-state index in [9.17, 15) is 4.79 Å². The summed E-state index contributed by atoms with van der Waals surface area (Å²) in [6.45, 7) is 10.2. The molecule has 3 heterocycles. The molecule has 1 N–H and O–H groups in total. The zero-order valence-electron chi connectivity index (χ0n) is 18.5. The summed E-state index contributed by atoms with van der Waals surface area (Å²) in [5.74, 6) is -0.0891. The molecule has 1 aromatic carbocycles. The summed E-state index contributed by atoms with van der Waals surface area (Å²) in [6, 6.07) is 11.7. The quantitative estimate of drug-likeness (QED) is 0.461. The van der Waals surface area contributed by atoms with Crippen molar-refractivity contribution in [3.63, 3.8) is 0 Å². The van der Waals surface area contributed by atoms with Gasteiger partial charge in [-0.15, -0.1) is 0 Å². The van der Waals surface area contributed by atoms with Crippen LogP contribution in [0.2, 0.25) is 0 Å². The van der Waals surface area contributed by atoms with Crippen LogP contribution >= 0.6 is 0 Å². The molecule has 0 fully saturated rings. The second-order valence-electron chi connectivity index (χ2n) is 7.82. The van der Waals surface area contributed by atoms with Gasteiger partial charge in [0.1, 0.15) is 0 Å². The molecule has 0 bridgehead atoms. The maximum absolute atomic E-state index is 13.1. The molecule has 0 atom stereocenters. The standard InChI is InChI=1S/C24H28N6O/c1-5-29-15-21(18(4)28-29)23-14-20(19-9-6-7-10-22(19)26-23)24(31)25-11-8-12-30-17(3)13-16(2)27-30/h6-7,9-10,13-15H,5,8,11-12H2,1-4H3,(H,25,31). The third kappa shape index (κ3) is 4.35. The summed E-state index contributed by atoms with van der Waals surface area (Å²) < 4.78 is 3.87. The molecule has 1 amide bonds. The molecule has 31 heavy (non-hydrogen) atoms. The van der Waals surface area contributed by atoms with E-state index in [-0.39, 0.29) is 5.91 Å². The van der Waals surface area contributed by atoms with E-state index in [2.05, 4.69) is 28.5 Å². The number of fused-ring (bicyclic) bond motifs is 1. The van der Waals surface area contributed by atoms with Gasteiger partial charge in [-0.05, 0) is 52.3 Å². The molecule has 0 aliphatic rings. The van der Waals surface area contributed by atoms with Gasteiger partial charge in [0.05, 0.1) is 28.2 Å². The van der Waals surface area contributed by atoms with Crippen molar-refractivity contribution < 1.29 is 4.79 Å². The average Bonchev–Trinajstić information content (AvgIpc) is 3.30. The molecule has 7 heteroatoms. The molecule has 0 unspecified atom stereocenters. The van der Waals surface area contributed by atoms with E-state index in [0.29, 0.717) is 12.1 Å². The molecule has 4 rings (SSSR count). The van der Waals surface area contributed by atoms with Crippen molar-refractivity contribution in [2.24, 2.45) is 0 Å². The highest BCUT2D eigenvalue weighted by molar-refractivity contribution is 6.07. The maximum atomic E-state index is 13.1. The van der Waals surface area contributed by atoms with Gasteiger partial charge in [0, 0.05) is 42.5 Å². The first-order valence-corrected chi connectivity index (χ1v) is 10.7. The van der Waals surface area contributed by atoms with Crippen LogP contribution in [0.3, 0.4) is 0 Å². The van der Waals surface area contributed by atoms with Crippen LogP contribution in [-0.2, 0) is 13.1 Å². The van der Waals surface area contributed by atoms with E-state index in [4.69, 9.17) is 4.98 Å². The molecule has 0 aliphatic carbocycles. The first kappa shape index (κ1) is 20.8. The van der Waals surface area contributed by atoms with E-state index in [0.717, 1.165) is 58.8 Å². The van der Waals surface area contributed by atoms with E-state index in [1.807, 2.05) is 66.7 Å². The number of aromatic nitrogens is 5. The highest BCUT2D eigenvalue weighted by Gasteiger charge is 2.16. The molecular formula is C24H28N6O. The Balaban J connectivity index is 1.56. The third-order valence-electron chi connectivity index (χ3n) is 5.44. The molecule has 4 aromatic rings. The molecular weight excluding hydrogens is 388 g/mol. The number of amides is 1. The summed E-state index contributed by atoms with van der Waals surface area (Å²) in [7, 11) is 0. The van der Waals surface area contributed by atoms with Crippen molar-refractivity contribution in [2.75, 3.05) is 6.54 Å². The van der Waals surface area contributed by atoms with Crippen molar-refractivity contribution >= 4 is 16.8 Å². The highest BCUT2D eigenvalue weighted by atomic mass is 16.1. The van der Waals surface area contributed by atoms with Crippen LogP contribution in [0, 0.1) is 20.8 Å². The SMILES string of the molecule is CCn1cc(-c2cc(C(=O)NCCCn3nc(C)cc3C)c3ccccc3n2)c(C)n1. The first-order chi connectivity index (χ1) is 15.0. The van der Waals surface area contributed by atoms with Gasteiger partial charge in [-0.25, -0.2) is 4.98 Å². The minimum absolute atomic E-state index is 0.0891. The zero-order chi connectivity index (χ0) is 22.0. The van der Waals surface area contributed by atoms with Crippen LogP contribution < -0.4 is 5.32 Å². The fraction of sp³-hybridized carbons (Fsp3) is 0.333. The van der Waals surface area contributed by atoms with Gasteiger partial charge in [-0.2, -0.15) is 10.2 Å². The smallest absolute Gasteiger partial charge is 0.252 e. The molecule has 3 aromatic heterocycles. The average molecular weight is 417 g/mol. The molecule has 160 valence electrons. The Morgan fingerprint density at radius 3 is 2.61 bits per heavy atom. The van der Waals surface area contributed by atoms with E-state index >= 15 is 0 Å². The van der Waals surface area contributed by atoms with Crippen LogP contribution in [-0.4, -0.2) is 37.0 Å². The summed E-state index contributed by atoms with van der Waals surface area (Å²) in [5.41, 5.74) is 6.21. The Labute approximate surface area is 182 Å². The lowest BCUT2D eigenvalue weighted by Crippen LogP contribution is -2.26. The molecule has 0 saturated carbocycles. The van der Waals surface area contributed by atoms with Gasteiger partial charge in [0.25, 0.3) is 5.91 Å². The number of nitrogens with zero attached hydrogens (tertiary/aromatic N) is 5. The second kappa shape index (κ2) is 8.71. The van der Waals surface area contributed by atoms with Crippen molar-refractivity contribution in [1.29, 1.82) is 0 Å². The van der Waals surface area contributed by atoms with E-state index in [1.54, 1.807) is 0 Å². The Morgan fingerprint density at radius 1 is 1.10 bits per heavy atom. The summed E-state index contributed by atoms with van der Waals surface area (Å²) in [4.78, 5) is 17.9. The minimum Gasteiger partial charge on any atom is -0.352 e.